The summed E-state index contributed by atoms with van der Waals surface area (Å²) in [5.41, 5.74) is 7.91. The van der Waals surface area contributed by atoms with Crippen LogP contribution >= 0.6 is 24.8 Å². The molecule has 0 saturated carbocycles. The Hall–Kier alpha value is -2.48. The highest BCUT2D eigenvalue weighted by molar-refractivity contribution is 6.04. The third-order valence-electron chi connectivity index (χ3n) is 5.03. The molecule has 2 aromatic carbocycles. The van der Waals surface area contributed by atoms with Gasteiger partial charge in [-0.1, -0.05) is 18.6 Å². The Morgan fingerprint density at radius 2 is 1.83 bits per heavy atom. The molecule has 0 spiro atoms. The van der Waals surface area contributed by atoms with Crippen LogP contribution in [0.3, 0.4) is 0 Å². The predicted octanol–water partition coefficient (Wildman–Crippen LogP) is 4.37. The lowest BCUT2D eigenvalue weighted by Crippen LogP contribution is -2.12. The lowest BCUT2D eigenvalue weighted by Gasteiger charge is -2.11. The van der Waals surface area contributed by atoms with E-state index in [1.54, 1.807) is 24.3 Å². The Labute approximate surface area is 186 Å². The highest BCUT2D eigenvalue weighted by atomic mass is 35.5. The van der Waals surface area contributed by atoms with Gasteiger partial charge in [0.2, 0.25) is 0 Å². The second kappa shape index (κ2) is 10.5. The van der Waals surface area contributed by atoms with Gasteiger partial charge in [0.25, 0.3) is 5.91 Å². The molecule has 0 fully saturated rings. The number of hydrogen-bond acceptors (Lipinski definition) is 4. The lowest BCUT2D eigenvalue weighted by molar-refractivity contribution is 0.102. The third kappa shape index (κ3) is 4.98. The number of benzene rings is 2. The molecular formula is C21H24Cl2FN5O. The first-order valence-corrected chi connectivity index (χ1v) is 9.48. The summed E-state index contributed by atoms with van der Waals surface area (Å²) in [6.45, 7) is 1.20. The highest BCUT2D eigenvalue weighted by Crippen LogP contribution is 2.27. The van der Waals surface area contributed by atoms with Gasteiger partial charge in [0.05, 0.1) is 5.56 Å². The number of aromatic nitrogens is 3. The van der Waals surface area contributed by atoms with Crippen LogP contribution in [0.15, 0.2) is 42.5 Å². The van der Waals surface area contributed by atoms with Crippen molar-refractivity contribution in [3.8, 4) is 11.4 Å². The SMILES string of the molecule is Cl.Cl.NCc1ccc(C(=O)Nc2ccc(F)c(-c3nnc4n3CCCCC4)c2)cc1. The topological polar surface area (TPSA) is 85.8 Å². The van der Waals surface area contributed by atoms with Gasteiger partial charge in [0, 0.05) is 30.8 Å². The molecule has 0 atom stereocenters. The van der Waals surface area contributed by atoms with Gasteiger partial charge in [-0.25, -0.2) is 4.39 Å². The van der Waals surface area contributed by atoms with E-state index in [2.05, 4.69) is 15.5 Å². The molecule has 160 valence electrons. The van der Waals surface area contributed by atoms with E-state index in [1.807, 2.05) is 16.7 Å². The van der Waals surface area contributed by atoms with Crippen LogP contribution in [-0.4, -0.2) is 20.7 Å². The van der Waals surface area contributed by atoms with Gasteiger partial charge in [-0.3, -0.25) is 4.79 Å². The number of aryl methyl sites for hydroxylation is 1. The summed E-state index contributed by atoms with van der Waals surface area (Å²) in [6, 6.07) is 11.6. The van der Waals surface area contributed by atoms with E-state index >= 15 is 0 Å². The Morgan fingerprint density at radius 3 is 2.57 bits per heavy atom. The van der Waals surface area contributed by atoms with Crippen LogP contribution < -0.4 is 11.1 Å². The average Bonchev–Trinajstić information content (AvgIpc) is 2.97. The molecule has 1 aliphatic heterocycles. The van der Waals surface area contributed by atoms with E-state index in [1.165, 1.54) is 6.07 Å². The molecule has 6 nitrogen and oxygen atoms in total. The minimum absolute atomic E-state index is 0. The zero-order valence-electron chi connectivity index (χ0n) is 16.3. The molecule has 2 heterocycles. The van der Waals surface area contributed by atoms with Crippen LogP contribution in [-0.2, 0) is 19.5 Å². The molecule has 0 bridgehead atoms. The van der Waals surface area contributed by atoms with Gasteiger partial charge in [-0.05, 0) is 48.7 Å². The van der Waals surface area contributed by atoms with Gasteiger partial charge in [-0.15, -0.1) is 35.0 Å². The molecule has 3 aromatic rings. The fourth-order valence-corrected chi connectivity index (χ4v) is 3.45. The van der Waals surface area contributed by atoms with Gasteiger partial charge in [-0.2, -0.15) is 0 Å². The normalized spacial score (nSPS) is 12.7. The molecule has 0 saturated heterocycles. The number of nitrogens with two attached hydrogens (primary N) is 1. The van der Waals surface area contributed by atoms with E-state index in [4.69, 9.17) is 5.73 Å². The van der Waals surface area contributed by atoms with E-state index < -0.39 is 0 Å². The molecule has 1 amide bonds. The Kier molecular flexibility index (Phi) is 8.34. The summed E-state index contributed by atoms with van der Waals surface area (Å²) in [4.78, 5) is 12.5. The maximum Gasteiger partial charge on any atom is 0.255 e. The summed E-state index contributed by atoms with van der Waals surface area (Å²) >= 11 is 0. The molecule has 0 radical (unpaired) electrons. The molecule has 4 rings (SSSR count). The molecule has 3 N–H and O–H groups in total. The third-order valence-corrected chi connectivity index (χ3v) is 5.03. The molecular weight excluding hydrogens is 428 g/mol. The number of carbonyl (C=O) groups excluding carboxylic acids is 1. The van der Waals surface area contributed by atoms with Crippen molar-refractivity contribution in [2.45, 2.75) is 38.8 Å². The van der Waals surface area contributed by atoms with Crippen molar-refractivity contribution >= 4 is 36.4 Å². The molecule has 0 aliphatic carbocycles. The minimum Gasteiger partial charge on any atom is -0.326 e. The van der Waals surface area contributed by atoms with Crippen molar-refractivity contribution in [3.63, 3.8) is 0 Å². The van der Waals surface area contributed by atoms with Crippen LogP contribution in [0.2, 0.25) is 0 Å². The van der Waals surface area contributed by atoms with E-state index in [-0.39, 0.29) is 36.5 Å². The second-order valence-electron chi connectivity index (χ2n) is 6.95. The standard InChI is InChI=1S/C21H22FN5O.2ClH/c22-18-10-9-16(24-21(28)15-7-5-14(13-23)6-8-15)12-17(18)20-26-25-19-4-2-1-3-11-27(19)20;;/h5-10,12H,1-4,11,13,23H2,(H,24,28);2*1H. The predicted molar refractivity (Wildman–Crippen MR) is 120 cm³/mol. The van der Waals surface area contributed by atoms with Gasteiger partial charge >= 0.3 is 0 Å². The maximum absolute atomic E-state index is 14.5. The summed E-state index contributed by atoms with van der Waals surface area (Å²) in [7, 11) is 0. The van der Waals surface area contributed by atoms with Gasteiger partial charge < -0.3 is 15.6 Å². The number of carbonyl (C=O) groups is 1. The summed E-state index contributed by atoms with van der Waals surface area (Å²) in [6.07, 6.45) is 4.07. The number of hydrogen-bond donors (Lipinski definition) is 2. The second-order valence-corrected chi connectivity index (χ2v) is 6.95. The summed E-state index contributed by atoms with van der Waals surface area (Å²) < 4.78 is 16.5. The Balaban J connectivity index is 0.00000160. The van der Waals surface area contributed by atoms with Gasteiger partial charge in [0.15, 0.2) is 5.82 Å². The zero-order chi connectivity index (χ0) is 19.5. The van der Waals surface area contributed by atoms with E-state index in [0.29, 0.717) is 29.2 Å². The highest BCUT2D eigenvalue weighted by Gasteiger charge is 2.19. The lowest BCUT2D eigenvalue weighted by atomic mass is 10.1. The van der Waals surface area contributed by atoms with Crippen LogP contribution in [0, 0.1) is 5.82 Å². The maximum atomic E-state index is 14.5. The van der Waals surface area contributed by atoms with Crippen molar-refractivity contribution < 1.29 is 9.18 Å². The Bertz CT molecular complexity index is 1010. The van der Waals surface area contributed by atoms with Crippen molar-refractivity contribution in [1.29, 1.82) is 0 Å². The number of nitrogens with one attached hydrogen (secondary N) is 1. The first kappa shape index (κ1) is 23.8. The summed E-state index contributed by atoms with van der Waals surface area (Å²) in [5, 5.41) is 11.3. The van der Waals surface area contributed by atoms with Gasteiger partial charge in [0.1, 0.15) is 11.6 Å². The zero-order valence-corrected chi connectivity index (χ0v) is 17.9. The number of rotatable bonds is 4. The fourth-order valence-electron chi connectivity index (χ4n) is 3.45. The number of amides is 1. The first-order valence-electron chi connectivity index (χ1n) is 9.48. The van der Waals surface area contributed by atoms with Crippen molar-refractivity contribution in [2.75, 3.05) is 5.32 Å². The van der Waals surface area contributed by atoms with Crippen molar-refractivity contribution in [1.82, 2.24) is 14.8 Å². The van der Waals surface area contributed by atoms with E-state index in [9.17, 15) is 9.18 Å². The average molecular weight is 452 g/mol. The minimum atomic E-state index is -0.384. The van der Waals surface area contributed by atoms with E-state index in [0.717, 1.165) is 43.6 Å². The van der Waals surface area contributed by atoms with Crippen LogP contribution in [0.5, 0.6) is 0 Å². The molecule has 30 heavy (non-hydrogen) atoms. The van der Waals surface area contributed by atoms with Crippen molar-refractivity contribution in [2.24, 2.45) is 5.73 Å². The molecule has 1 aromatic heterocycles. The molecule has 9 heteroatoms. The quantitative estimate of drug-likeness (QED) is 0.616. The van der Waals surface area contributed by atoms with Crippen LogP contribution in [0.4, 0.5) is 10.1 Å². The molecule has 0 unspecified atom stereocenters. The molecule has 1 aliphatic rings. The van der Waals surface area contributed by atoms with Crippen LogP contribution in [0.1, 0.15) is 41.0 Å². The van der Waals surface area contributed by atoms with Crippen LogP contribution in [0.25, 0.3) is 11.4 Å². The number of anilines is 1. The monoisotopic (exact) mass is 451 g/mol. The number of halogens is 3. The smallest absolute Gasteiger partial charge is 0.255 e. The van der Waals surface area contributed by atoms with Crippen molar-refractivity contribution in [3.05, 3.63) is 65.2 Å². The first-order chi connectivity index (χ1) is 13.7. The fraction of sp³-hybridized carbons (Fsp3) is 0.286. The largest absolute Gasteiger partial charge is 0.326 e. The number of nitrogens with zero attached hydrogens (tertiary/aromatic N) is 3. The summed E-state index contributed by atoms with van der Waals surface area (Å²) in [5.74, 6) is 0.755. The Morgan fingerprint density at radius 1 is 1.07 bits per heavy atom. The number of fused-ring (bicyclic) bond motifs is 1.